The van der Waals surface area contributed by atoms with Gasteiger partial charge in [-0.3, -0.25) is 0 Å². The van der Waals surface area contributed by atoms with Crippen LogP contribution in [0.2, 0.25) is 0 Å². The van der Waals surface area contributed by atoms with E-state index in [1.54, 1.807) is 11.8 Å². The van der Waals surface area contributed by atoms with Crippen molar-refractivity contribution in [1.82, 2.24) is 19.7 Å². The molecule has 0 fully saturated rings. The van der Waals surface area contributed by atoms with E-state index in [1.165, 1.54) is 12.0 Å². The topological polar surface area (TPSA) is 67.0 Å². The lowest BCUT2D eigenvalue weighted by Crippen LogP contribution is -2.18. The lowest BCUT2D eigenvalue weighted by atomic mass is 10.1. The van der Waals surface area contributed by atoms with Gasteiger partial charge in [0.2, 0.25) is 0 Å². The summed E-state index contributed by atoms with van der Waals surface area (Å²) < 4.78 is 7.77. The second kappa shape index (κ2) is 11.6. The first-order valence-electron chi connectivity index (χ1n) is 11.8. The second-order valence-electron chi connectivity index (χ2n) is 8.34. The molecule has 3 heterocycles. The van der Waals surface area contributed by atoms with Crippen LogP contribution in [0, 0.1) is 11.3 Å². The smallest absolute Gasteiger partial charge is 0.177 e. The van der Waals surface area contributed by atoms with Crippen molar-refractivity contribution in [2.75, 3.05) is 6.61 Å². The fraction of sp³-hybridized carbons (Fsp3) is 0.296. The van der Waals surface area contributed by atoms with Crippen molar-refractivity contribution in [2.24, 2.45) is 0 Å². The monoisotopic (exact) mass is 549 g/mol. The van der Waals surface area contributed by atoms with Crippen molar-refractivity contribution < 1.29 is 4.74 Å². The Morgan fingerprint density at radius 2 is 1.86 bits per heavy atom. The number of rotatable bonds is 6. The third-order valence-corrected chi connectivity index (χ3v) is 7.11. The van der Waals surface area contributed by atoms with Crippen LogP contribution in [-0.4, -0.2) is 26.3 Å². The van der Waals surface area contributed by atoms with E-state index in [9.17, 15) is 5.26 Å². The van der Waals surface area contributed by atoms with Crippen molar-refractivity contribution >= 4 is 40.0 Å². The Balaban J connectivity index is 0.00000289. The summed E-state index contributed by atoms with van der Waals surface area (Å²) in [5.41, 5.74) is 3.91. The summed E-state index contributed by atoms with van der Waals surface area (Å²) >= 11 is 1.58. The van der Waals surface area contributed by atoms with E-state index >= 15 is 0 Å². The van der Waals surface area contributed by atoms with E-state index in [2.05, 4.69) is 55.4 Å². The molecule has 3 aromatic rings. The first-order valence-corrected chi connectivity index (χ1v) is 12.6. The van der Waals surface area contributed by atoms with Gasteiger partial charge in [-0.1, -0.05) is 48.5 Å². The molecule has 35 heavy (non-hydrogen) atoms. The van der Waals surface area contributed by atoms with E-state index in [-0.39, 0.29) is 17.0 Å². The minimum atomic E-state index is 0. The number of ether oxygens (including phenoxy) is 1. The van der Waals surface area contributed by atoms with E-state index in [0.717, 1.165) is 53.7 Å². The summed E-state index contributed by atoms with van der Waals surface area (Å²) in [7, 11) is 0. The van der Waals surface area contributed by atoms with Gasteiger partial charge in [-0.25, -0.2) is 0 Å². The van der Waals surface area contributed by atoms with Crippen molar-refractivity contribution in [3.63, 3.8) is 0 Å². The van der Waals surface area contributed by atoms with Crippen LogP contribution in [0.3, 0.4) is 0 Å². The van der Waals surface area contributed by atoms with E-state index in [4.69, 9.17) is 4.74 Å². The predicted molar refractivity (Wildman–Crippen MR) is 146 cm³/mol. The molecule has 8 heteroatoms. The summed E-state index contributed by atoms with van der Waals surface area (Å²) in [5, 5.41) is 22.2. The molecule has 0 radical (unpaired) electrons. The molecule has 0 saturated heterocycles. The molecule has 6 nitrogen and oxygen atoms in total. The van der Waals surface area contributed by atoms with Crippen molar-refractivity contribution in [1.29, 1.82) is 5.26 Å². The van der Waals surface area contributed by atoms with E-state index in [1.807, 2.05) is 37.3 Å². The molecule has 2 aromatic carbocycles. The van der Waals surface area contributed by atoms with Gasteiger partial charge in [-0.05, 0) is 55.2 Å². The van der Waals surface area contributed by atoms with Crippen molar-refractivity contribution in [2.45, 2.75) is 45.7 Å². The van der Waals surface area contributed by atoms with Gasteiger partial charge in [0.1, 0.15) is 28.2 Å². The maximum Gasteiger partial charge on any atom is 0.177 e. The number of benzene rings is 2. The molecule has 1 aromatic heterocycles. The molecule has 5 rings (SSSR count). The van der Waals surface area contributed by atoms with Gasteiger partial charge in [0.15, 0.2) is 5.82 Å². The third kappa shape index (κ3) is 5.31. The highest BCUT2D eigenvalue weighted by molar-refractivity contribution is 8.93. The molecular formula is C27H28BrN5OS. The molecule has 2 aliphatic rings. The van der Waals surface area contributed by atoms with E-state index < -0.39 is 0 Å². The number of nitriles is 1. The van der Waals surface area contributed by atoms with Crippen LogP contribution in [0.4, 0.5) is 0 Å². The zero-order chi connectivity index (χ0) is 23.3. The molecule has 180 valence electrons. The van der Waals surface area contributed by atoms with Crippen LogP contribution in [0.1, 0.15) is 49.0 Å². The maximum atomic E-state index is 10.3. The van der Waals surface area contributed by atoms with Gasteiger partial charge < -0.3 is 14.2 Å². The van der Waals surface area contributed by atoms with Crippen molar-refractivity contribution in [3.05, 3.63) is 87.8 Å². The Labute approximate surface area is 221 Å². The van der Waals surface area contributed by atoms with Gasteiger partial charge in [-0.2, -0.15) is 5.26 Å². The SMILES string of the molecule is Br.CCOc1ccc(C2=CSC(=C(C#N)c3nnc4n3CCCCC4)N2Cc2ccccc2)cc1. The number of fused-ring (bicyclic) bond motifs is 1. The minimum Gasteiger partial charge on any atom is -0.494 e. The van der Waals surface area contributed by atoms with Crippen LogP contribution < -0.4 is 4.74 Å². The Bertz CT molecular complexity index is 1260. The molecule has 0 bridgehead atoms. The van der Waals surface area contributed by atoms with Gasteiger partial charge in [0.25, 0.3) is 0 Å². The molecule has 0 unspecified atom stereocenters. The summed E-state index contributed by atoms with van der Waals surface area (Å²) in [5.74, 6) is 2.52. The molecule has 0 saturated carbocycles. The minimum absolute atomic E-state index is 0. The van der Waals surface area contributed by atoms with Gasteiger partial charge in [0, 0.05) is 24.9 Å². The Kier molecular flexibility index (Phi) is 8.32. The standard InChI is InChI=1S/C27H27N5OS.BrH/c1-2-33-22-14-12-21(13-15-22)24-19-34-27(32(24)18-20-9-5-3-6-10-20)23(17-28)26-30-29-25-11-7-4-8-16-31(25)26;/h3,5-6,9-10,12-15,19H,2,4,7-8,11,16,18H2,1H3;1H. The summed E-state index contributed by atoms with van der Waals surface area (Å²) in [6.07, 6.45) is 4.30. The van der Waals surface area contributed by atoms with Crippen LogP contribution in [-0.2, 0) is 19.5 Å². The second-order valence-corrected chi connectivity index (χ2v) is 9.20. The lowest BCUT2D eigenvalue weighted by Gasteiger charge is -2.25. The van der Waals surface area contributed by atoms with E-state index in [0.29, 0.717) is 24.5 Å². The molecule has 2 aliphatic heterocycles. The number of aryl methyl sites for hydroxylation is 1. The van der Waals surface area contributed by atoms with Gasteiger partial charge in [0.05, 0.1) is 12.3 Å². The number of hydrogen-bond donors (Lipinski definition) is 0. The maximum absolute atomic E-state index is 10.3. The molecular weight excluding hydrogens is 522 g/mol. The fourth-order valence-electron chi connectivity index (χ4n) is 4.44. The average Bonchev–Trinajstić information content (AvgIpc) is 3.37. The number of allylic oxidation sites excluding steroid dienone is 1. The summed E-state index contributed by atoms with van der Waals surface area (Å²) in [4.78, 5) is 2.23. The molecule has 0 spiro atoms. The van der Waals surface area contributed by atoms with Gasteiger partial charge in [-0.15, -0.1) is 27.2 Å². The Morgan fingerprint density at radius 3 is 2.60 bits per heavy atom. The molecule has 0 N–H and O–H groups in total. The number of thioether (sulfide) groups is 1. The third-order valence-electron chi connectivity index (χ3n) is 6.12. The zero-order valence-electron chi connectivity index (χ0n) is 19.7. The fourth-order valence-corrected chi connectivity index (χ4v) is 5.47. The highest BCUT2D eigenvalue weighted by Crippen LogP contribution is 2.44. The lowest BCUT2D eigenvalue weighted by molar-refractivity contribution is 0.340. The van der Waals surface area contributed by atoms with Crippen LogP contribution >= 0.6 is 28.7 Å². The first kappa shape index (κ1) is 25.1. The summed E-state index contributed by atoms with van der Waals surface area (Å²) in [6.45, 7) is 4.14. The highest BCUT2D eigenvalue weighted by atomic mass is 79.9. The number of hydrogen-bond acceptors (Lipinski definition) is 6. The highest BCUT2D eigenvalue weighted by Gasteiger charge is 2.29. The molecule has 0 amide bonds. The Morgan fingerprint density at radius 1 is 1.06 bits per heavy atom. The van der Waals surface area contributed by atoms with Crippen LogP contribution in [0.25, 0.3) is 11.3 Å². The zero-order valence-corrected chi connectivity index (χ0v) is 22.2. The number of aromatic nitrogens is 3. The molecule has 0 atom stereocenters. The number of nitrogens with zero attached hydrogens (tertiary/aromatic N) is 5. The van der Waals surface area contributed by atoms with Crippen LogP contribution in [0.15, 0.2) is 65.0 Å². The first-order chi connectivity index (χ1) is 16.8. The largest absolute Gasteiger partial charge is 0.494 e. The Hall–Kier alpha value is -3.02. The summed E-state index contributed by atoms with van der Waals surface area (Å²) in [6, 6.07) is 21.0. The normalized spacial score (nSPS) is 16.5. The predicted octanol–water partition coefficient (Wildman–Crippen LogP) is 6.42. The van der Waals surface area contributed by atoms with Crippen LogP contribution in [0.5, 0.6) is 5.75 Å². The van der Waals surface area contributed by atoms with Gasteiger partial charge >= 0.3 is 0 Å². The quantitative estimate of drug-likeness (QED) is 0.330. The molecule has 0 aliphatic carbocycles. The average molecular weight is 551 g/mol. The van der Waals surface area contributed by atoms with Crippen molar-refractivity contribution in [3.8, 4) is 11.8 Å². The number of halogens is 1.